The van der Waals surface area contributed by atoms with Gasteiger partial charge in [0.15, 0.2) is 6.67 Å². The normalized spacial score (nSPS) is 7.12. The third kappa shape index (κ3) is 4.86. The number of carboxylic acids is 1. The van der Waals surface area contributed by atoms with Crippen LogP contribution in [0.4, 0.5) is 4.39 Å². The third-order valence-electron chi connectivity index (χ3n) is 0.349. The fourth-order valence-corrected chi connectivity index (χ4v) is 0.0546. The zero-order valence-corrected chi connectivity index (χ0v) is 7.43. The largest absolute Gasteiger partial charge is 1.00 e. The van der Waals surface area contributed by atoms with Gasteiger partial charge in [-0.3, -0.25) is 4.79 Å². The molecular formula is C3H2FKO3. The molecule has 0 aromatic heterocycles. The number of hydrogen-bond donors (Lipinski definition) is 0. The number of ketones is 1. The predicted octanol–water partition coefficient (Wildman–Crippen LogP) is -4.72. The Hall–Kier alpha value is 0.706. The molecule has 3 nitrogen and oxygen atoms in total. The van der Waals surface area contributed by atoms with Crippen molar-refractivity contribution in [2.75, 3.05) is 6.67 Å². The van der Waals surface area contributed by atoms with E-state index in [1.54, 1.807) is 0 Å². The molecule has 0 saturated carbocycles. The van der Waals surface area contributed by atoms with Gasteiger partial charge in [0.2, 0.25) is 5.78 Å². The maximum atomic E-state index is 10.9. The number of carboxylic acid groups (broad SMARTS) is 1. The van der Waals surface area contributed by atoms with E-state index >= 15 is 0 Å². The number of carbonyl (C=O) groups excluding carboxylic acids is 2. The minimum absolute atomic E-state index is 0. The monoisotopic (exact) mass is 144 g/mol. The first kappa shape index (κ1) is 11.5. The molecular weight excluding hydrogens is 142 g/mol. The maximum Gasteiger partial charge on any atom is 1.00 e. The molecule has 0 spiro atoms. The Labute approximate surface area is 87.7 Å². The van der Waals surface area contributed by atoms with Crippen molar-refractivity contribution in [3.05, 3.63) is 0 Å². The van der Waals surface area contributed by atoms with Gasteiger partial charge in [-0.2, -0.15) is 0 Å². The number of carbonyl (C=O) groups is 2. The molecule has 0 amide bonds. The Kier molecular flexibility index (Phi) is 8.39. The van der Waals surface area contributed by atoms with Gasteiger partial charge in [0.1, 0.15) is 5.97 Å². The van der Waals surface area contributed by atoms with Crippen LogP contribution in [0.1, 0.15) is 0 Å². The Morgan fingerprint density at radius 2 is 1.88 bits per heavy atom. The van der Waals surface area contributed by atoms with Gasteiger partial charge in [0.05, 0.1) is 0 Å². The molecule has 40 valence electrons. The van der Waals surface area contributed by atoms with E-state index in [0.29, 0.717) is 0 Å². The molecule has 0 aliphatic rings. The minimum atomic E-state index is -1.97. The molecule has 0 fully saturated rings. The number of alkyl halides is 1. The van der Waals surface area contributed by atoms with Crippen molar-refractivity contribution in [3.8, 4) is 0 Å². The zero-order chi connectivity index (χ0) is 5.86. The van der Waals surface area contributed by atoms with Crippen molar-refractivity contribution in [2.45, 2.75) is 0 Å². The van der Waals surface area contributed by atoms with Crippen LogP contribution in [0.2, 0.25) is 0 Å². The summed E-state index contributed by atoms with van der Waals surface area (Å²) < 4.78 is 10.9. The van der Waals surface area contributed by atoms with Crippen LogP contribution in [0.3, 0.4) is 0 Å². The summed E-state index contributed by atoms with van der Waals surface area (Å²) in [5.74, 6) is -3.48. The van der Waals surface area contributed by atoms with E-state index in [4.69, 9.17) is 0 Å². The van der Waals surface area contributed by atoms with Crippen LogP contribution in [0, 0.1) is 0 Å². The second kappa shape index (κ2) is 5.84. The summed E-state index contributed by atoms with van der Waals surface area (Å²) in [5, 5.41) is 9.23. The molecule has 5 heteroatoms. The SMILES string of the molecule is O=C([O-])C(=O)CF.[K+]. The Balaban J connectivity index is 0. The van der Waals surface area contributed by atoms with Crippen LogP contribution in [-0.4, -0.2) is 18.4 Å². The molecule has 0 bridgehead atoms. The van der Waals surface area contributed by atoms with Crippen molar-refractivity contribution in [1.82, 2.24) is 0 Å². The smallest absolute Gasteiger partial charge is 0.542 e. The molecule has 0 aliphatic carbocycles. The van der Waals surface area contributed by atoms with E-state index in [2.05, 4.69) is 0 Å². The Morgan fingerprint density at radius 1 is 1.50 bits per heavy atom. The number of rotatable bonds is 2. The molecule has 0 N–H and O–H groups in total. The van der Waals surface area contributed by atoms with E-state index in [-0.39, 0.29) is 51.4 Å². The molecule has 0 saturated heterocycles. The van der Waals surface area contributed by atoms with E-state index in [0.717, 1.165) is 0 Å². The van der Waals surface area contributed by atoms with E-state index in [1.165, 1.54) is 0 Å². The van der Waals surface area contributed by atoms with Crippen LogP contribution >= 0.6 is 0 Å². The summed E-state index contributed by atoms with van der Waals surface area (Å²) in [7, 11) is 0. The van der Waals surface area contributed by atoms with Crippen molar-refractivity contribution in [1.29, 1.82) is 0 Å². The molecule has 0 heterocycles. The Bertz CT molecular complexity index is 103. The van der Waals surface area contributed by atoms with Crippen LogP contribution in [0.5, 0.6) is 0 Å². The van der Waals surface area contributed by atoms with Crippen molar-refractivity contribution < 1.29 is 70.5 Å². The summed E-state index contributed by atoms with van der Waals surface area (Å²) >= 11 is 0. The van der Waals surface area contributed by atoms with Gasteiger partial charge >= 0.3 is 51.4 Å². The fourth-order valence-electron chi connectivity index (χ4n) is 0.0546. The van der Waals surface area contributed by atoms with E-state index in [1.807, 2.05) is 0 Å². The van der Waals surface area contributed by atoms with Crippen molar-refractivity contribution in [3.63, 3.8) is 0 Å². The van der Waals surface area contributed by atoms with Crippen molar-refractivity contribution >= 4 is 11.8 Å². The molecule has 0 unspecified atom stereocenters. The average Bonchev–Trinajstić information content (AvgIpc) is 1.65. The van der Waals surface area contributed by atoms with Gasteiger partial charge in [0, 0.05) is 0 Å². The van der Waals surface area contributed by atoms with E-state index in [9.17, 15) is 19.1 Å². The summed E-state index contributed by atoms with van der Waals surface area (Å²) in [6, 6.07) is 0. The maximum absolute atomic E-state index is 10.9. The van der Waals surface area contributed by atoms with Crippen LogP contribution < -0.4 is 56.5 Å². The molecule has 8 heavy (non-hydrogen) atoms. The standard InChI is InChI=1S/C3H3FO3.K/c4-1-2(5)3(6)7;/h1H2,(H,6,7);/q;+1/p-1. The minimum Gasteiger partial charge on any atom is -0.542 e. The second-order valence-electron chi connectivity index (χ2n) is 0.844. The first-order valence-electron chi connectivity index (χ1n) is 1.48. The first-order valence-corrected chi connectivity index (χ1v) is 1.48. The molecule has 0 aromatic rings. The van der Waals surface area contributed by atoms with Gasteiger partial charge in [-0.15, -0.1) is 0 Å². The topological polar surface area (TPSA) is 57.2 Å². The average molecular weight is 144 g/mol. The third-order valence-corrected chi connectivity index (χ3v) is 0.349. The summed E-state index contributed by atoms with van der Waals surface area (Å²) in [5.41, 5.74) is 0. The Morgan fingerprint density at radius 3 is 1.88 bits per heavy atom. The quantitative estimate of drug-likeness (QED) is 0.289. The second-order valence-corrected chi connectivity index (χ2v) is 0.844. The fraction of sp³-hybridized carbons (Fsp3) is 0.333. The number of aliphatic carboxylic acids is 1. The van der Waals surface area contributed by atoms with Gasteiger partial charge in [-0.25, -0.2) is 4.39 Å². The molecule has 0 aliphatic heterocycles. The van der Waals surface area contributed by atoms with Crippen LogP contribution in [0.25, 0.3) is 0 Å². The van der Waals surface area contributed by atoms with Gasteiger partial charge in [-0.1, -0.05) is 0 Å². The van der Waals surface area contributed by atoms with Crippen LogP contribution in [0.15, 0.2) is 0 Å². The molecule has 0 atom stereocenters. The predicted molar refractivity (Wildman–Crippen MR) is 16.0 cm³/mol. The first-order chi connectivity index (χ1) is 3.18. The summed E-state index contributed by atoms with van der Waals surface area (Å²) in [6.07, 6.45) is 0. The number of hydrogen-bond acceptors (Lipinski definition) is 3. The molecule has 0 radical (unpaired) electrons. The van der Waals surface area contributed by atoms with E-state index < -0.39 is 18.4 Å². The molecule has 0 rings (SSSR count). The van der Waals surface area contributed by atoms with Crippen LogP contribution in [-0.2, 0) is 9.59 Å². The van der Waals surface area contributed by atoms with Gasteiger partial charge in [0.25, 0.3) is 0 Å². The van der Waals surface area contributed by atoms with Gasteiger partial charge < -0.3 is 9.90 Å². The van der Waals surface area contributed by atoms with Crippen molar-refractivity contribution in [2.24, 2.45) is 0 Å². The molecule has 0 aromatic carbocycles. The zero-order valence-electron chi connectivity index (χ0n) is 4.31. The summed E-state index contributed by atoms with van der Waals surface area (Å²) in [4.78, 5) is 18.7. The number of halogens is 1. The van der Waals surface area contributed by atoms with Gasteiger partial charge in [-0.05, 0) is 0 Å². The summed E-state index contributed by atoms with van der Waals surface area (Å²) in [6.45, 7) is -1.48. The number of Topliss-reactive ketones (excluding diaryl/α,β-unsaturated/α-hetero) is 1.